The van der Waals surface area contributed by atoms with Crippen molar-refractivity contribution in [1.29, 1.82) is 0 Å². The normalized spacial score (nSPS) is 13.3. The Kier molecular flexibility index (Phi) is 2.24. The number of benzene rings is 1. The molecule has 0 amide bonds. The van der Waals surface area contributed by atoms with Gasteiger partial charge in [-0.05, 0) is 24.5 Å². The Morgan fingerprint density at radius 1 is 1.31 bits per heavy atom. The van der Waals surface area contributed by atoms with Crippen molar-refractivity contribution in [2.75, 3.05) is 0 Å². The number of alkyl halides is 1. The molecule has 82 valence electrons. The van der Waals surface area contributed by atoms with Gasteiger partial charge in [-0.15, -0.1) is 4.68 Å². The Hall–Kier alpha value is -1.29. The summed E-state index contributed by atoms with van der Waals surface area (Å²) in [5, 5.41) is 12.7. The molecule has 0 radical (unpaired) electrons. The Labute approximate surface area is 102 Å². The molecule has 0 saturated carbocycles. The van der Waals surface area contributed by atoms with Gasteiger partial charge in [0.1, 0.15) is 5.69 Å². The lowest BCUT2D eigenvalue weighted by Crippen LogP contribution is -2.41. The van der Waals surface area contributed by atoms with E-state index >= 15 is 0 Å². The van der Waals surface area contributed by atoms with Crippen molar-refractivity contribution in [2.45, 2.75) is 18.2 Å². The van der Waals surface area contributed by atoms with E-state index in [2.05, 4.69) is 22.0 Å². The largest absolute Gasteiger partial charge is 0.595 e. The van der Waals surface area contributed by atoms with Gasteiger partial charge in [0.2, 0.25) is 5.69 Å². The van der Waals surface area contributed by atoms with Crippen LogP contribution in [0.3, 0.4) is 0 Å². The lowest BCUT2D eigenvalue weighted by molar-refractivity contribution is -0.690. The van der Waals surface area contributed by atoms with Gasteiger partial charge in [0.05, 0.1) is 11.0 Å². The van der Waals surface area contributed by atoms with E-state index in [0.29, 0.717) is 5.33 Å². The number of halogens is 1. The fourth-order valence-electron chi connectivity index (χ4n) is 2.27. The van der Waals surface area contributed by atoms with Gasteiger partial charge >= 0.3 is 0 Å². The highest BCUT2D eigenvalue weighted by molar-refractivity contribution is 9.08. The second kappa shape index (κ2) is 3.63. The number of fused-ring (bicyclic) bond motifs is 3. The summed E-state index contributed by atoms with van der Waals surface area (Å²) in [6, 6.07) is 10.1. The molecule has 16 heavy (non-hydrogen) atoms. The van der Waals surface area contributed by atoms with Gasteiger partial charge in [0.15, 0.2) is 0 Å². The molecule has 0 fully saturated rings. The van der Waals surface area contributed by atoms with Gasteiger partial charge in [0, 0.05) is 6.07 Å². The third kappa shape index (κ3) is 1.29. The quantitative estimate of drug-likeness (QED) is 0.447. The standard InChI is InChI=1S/C12H11BrN2O/c13-8-11-7-10-6-5-9-3-1-2-4-12(9)14(10)15(11)16/h1-4,7H,5-6,8H2. The Morgan fingerprint density at radius 2 is 2.12 bits per heavy atom. The highest BCUT2D eigenvalue weighted by Gasteiger charge is 2.24. The number of hydrogen-bond donors (Lipinski definition) is 0. The molecule has 3 rings (SSSR count). The van der Waals surface area contributed by atoms with Gasteiger partial charge in [-0.2, -0.15) is 0 Å². The minimum absolute atomic E-state index is 0.596. The first-order valence-electron chi connectivity index (χ1n) is 5.29. The lowest BCUT2D eigenvalue weighted by atomic mass is 10.0. The van der Waals surface area contributed by atoms with Crippen LogP contribution in [0.5, 0.6) is 0 Å². The smallest absolute Gasteiger partial charge is 0.232 e. The zero-order chi connectivity index (χ0) is 11.1. The summed E-state index contributed by atoms with van der Waals surface area (Å²) < 4.78 is 1.77. The molecule has 1 aliphatic rings. The summed E-state index contributed by atoms with van der Waals surface area (Å²) in [7, 11) is 0. The second-order valence-electron chi connectivity index (χ2n) is 3.97. The van der Waals surface area contributed by atoms with Gasteiger partial charge in [-0.25, -0.2) is 0 Å². The van der Waals surface area contributed by atoms with Gasteiger partial charge in [0.25, 0.3) is 0 Å². The minimum Gasteiger partial charge on any atom is -0.595 e. The van der Waals surface area contributed by atoms with Crippen LogP contribution in [-0.4, -0.2) is 4.68 Å². The van der Waals surface area contributed by atoms with Gasteiger partial charge < -0.3 is 5.21 Å². The molecule has 1 aromatic heterocycles. The Balaban J connectivity index is 2.27. The first kappa shape index (κ1) is 9.90. The van der Waals surface area contributed by atoms with Crippen LogP contribution in [0, 0.1) is 5.21 Å². The van der Waals surface area contributed by atoms with E-state index in [9.17, 15) is 5.21 Å². The molecule has 3 nitrogen and oxygen atoms in total. The van der Waals surface area contributed by atoms with Crippen molar-refractivity contribution in [3.05, 3.63) is 52.5 Å². The SMILES string of the molecule is [O-][n+]1c(CBr)cc2n1-c1ccccc1CC2. The predicted molar refractivity (Wildman–Crippen MR) is 64.8 cm³/mol. The first-order valence-corrected chi connectivity index (χ1v) is 6.41. The lowest BCUT2D eigenvalue weighted by Gasteiger charge is -2.16. The number of aryl methyl sites for hydroxylation is 2. The van der Waals surface area contributed by atoms with E-state index in [4.69, 9.17) is 0 Å². The molecule has 1 aromatic carbocycles. The monoisotopic (exact) mass is 278 g/mol. The van der Waals surface area contributed by atoms with Crippen molar-refractivity contribution >= 4 is 15.9 Å². The summed E-state index contributed by atoms with van der Waals surface area (Å²) in [5.41, 5.74) is 4.14. The Morgan fingerprint density at radius 3 is 2.94 bits per heavy atom. The maximum Gasteiger partial charge on any atom is 0.232 e. The van der Waals surface area contributed by atoms with E-state index in [1.54, 1.807) is 4.68 Å². The topological polar surface area (TPSA) is 31.9 Å². The van der Waals surface area contributed by atoms with E-state index < -0.39 is 0 Å². The Bertz CT molecular complexity index is 548. The van der Waals surface area contributed by atoms with Crippen LogP contribution in [0.4, 0.5) is 0 Å². The average molecular weight is 279 g/mol. The maximum absolute atomic E-state index is 12.1. The fraction of sp³-hybridized carbons (Fsp3) is 0.250. The molecule has 1 aliphatic heterocycles. The molecule has 2 aromatic rings. The zero-order valence-electron chi connectivity index (χ0n) is 8.69. The number of nitrogens with zero attached hydrogens (tertiary/aromatic N) is 2. The number of aromatic nitrogens is 2. The fourth-order valence-corrected chi connectivity index (χ4v) is 2.64. The minimum atomic E-state index is 0.596. The van der Waals surface area contributed by atoms with E-state index in [-0.39, 0.29) is 0 Å². The summed E-state index contributed by atoms with van der Waals surface area (Å²) in [6.07, 6.45) is 1.95. The summed E-state index contributed by atoms with van der Waals surface area (Å²) in [4.78, 5) is 0.988. The molecule has 4 heteroatoms. The van der Waals surface area contributed by atoms with Crippen LogP contribution in [-0.2, 0) is 18.2 Å². The summed E-state index contributed by atoms with van der Waals surface area (Å²) >= 11 is 3.34. The highest BCUT2D eigenvalue weighted by Crippen LogP contribution is 2.23. The molecule has 0 N–H and O–H groups in total. The molecular weight excluding hydrogens is 268 g/mol. The molecule has 0 aliphatic carbocycles. The van der Waals surface area contributed by atoms with Crippen LogP contribution in [0.15, 0.2) is 30.3 Å². The molecule has 0 spiro atoms. The summed E-state index contributed by atoms with van der Waals surface area (Å²) in [5.74, 6) is 0. The van der Waals surface area contributed by atoms with Gasteiger partial charge in [-0.1, -0.05) is 39.0 Å². The van der Waals surface area contributed by atoms with E-state index in [0.717, 1.165) is 34.8 Å². The number of hydrogen-bond acceptors (Lipinski definition) is 1. The maximum atomic E-state index is 12.1. The molecule has 2 heterocycles. The average Bonchev–Trinajstić information content (AvgIpc) is 2.66. The van der Waals surface area contributed by atoms with Crippen molar-refractivity contribution in [3.8, 4) is 5.69 Å². The van der Waals surface area contributed by atoms with Crippen LogP contribution < -0.4 is 4.85 Å². The van der Waals surface area contributed by atoms with Crippen LogP contribution in [0.25, 0.3) is 5.69 Å². The van der Waals surface area contributed by atoms with E-state index in [1.165, 1.54) is 5.56 Å². The zero-order valence-corrected chi connectivity index (χ0v) is 10.3. The number of rotatable bonds is 1. The molecule has 0 bridgehead atoms. The molecule has 0 saturated heterocycles. The number of para-hydroxylation sites is 1. The molecular formula is C12H11BrN2O. The highest BCUT2D eigenvalue weighted by atomic mass is 79.9. The van der Waals surface area contributed by atoms with Crippen molar-refractivity contribution in [2.24, 2.45) is 0 Å². The van der Waals surface area contributed by atoms with Crippen LogP contribution in [0.2, 0.25) is 0 Å². The van der Waals surface area contributed by atoms with Crippen molar-refractivity contribution in [1.82, 2.24) is 4.68 Å². The molecule has 0 atom stereocenters. The van der Waals surface area contributed by atoms with Crippen LogP contribution in [0.1, 0.15) is 17.0 Å². The second-order valence-corrected chi connectivity index (χ2v) is 4.53. The molecule has 0 unspecified atom stereocenters. The van der Waals surface area contributed by atoms with E-state index in [1.807, 2.05) is 24.3 Å². The van der Waals surface area contributed by atoms with Crippen molar-refractivity contribution in [3.63, 3.8) is 0 Å². The van der Waals surface area contributed by atoms with Crippen molar-refractivity contribution < 1.29 is 4.85 Å². The van der Waals surface area contributed by atoms with Crippen LogP contribution >= 0.6 is 15.9 Å². The summed E-state index contributed by atoms with van der Waals surface area (Å²) in [6.45, 7) is 0. The first-order chi connectivity index (χ1) is 7.81. The predicted octanol–water partition coefficient (Wildman–Crippen LogP) is 2.10. The van der Waals surface area contributed by atoms with Gasteiger partial charge in [-0.3, -0.25) is 0 Å². The third-order valence-corrected chi connectivity index (χ3v) is 3.61. The third-order valence-electron chi connectivity index (χ3n) is 3.04.